The summed E-state index contributed by atoms with van der Waals surface area (Å²) in [5, 5.41) is 17.5. The monoisotopic (exact) mass is 882 g/mol. The molecule has 0 aliphatic rings. The van der Waals surface area contributed by atoms with Crippen LogP contribution in [0.15, 0.2) is 122 Å². The van der Waals surface area contributed by atoms with Crippen LogP contribution in [0.5, 0.6) is 23.0 Å². The third-order valence-corrected chi connectivity index (χ3v) is 14.5. The van der Waals surface area contributed by atoms with Crippen molar-refractivity contribution in [1.82, 2.24) is 8.61 Å². The summed E-state index contributed by atoms with van der Waals surface area (Å²) in [4.78, 5) is 0. The van der Waals surface area contributed by atoms with Crippen molar-refractivity contribution in [2.75, 3.05) is 41.7 Å². The second kappa shape index (κ2) is 27.3. The molecule has 0 spiro atoms. The SMILES string of the molecule is C.C=CCC[C@@H](CCO)S(=O)(=O)N(Cc1ccc(OC)cc1)Cc1ccc(OC)cc1.C=CCC[C@H](CCO)S(=O)(=O)N(Cc1ccc(OC)cc1)Cc1ccc(OC)cc1. The van der Waals surface area contributed by atoms with E-state index in [1.54, 1.807) is 40.6 Å². The van der Waals surface area contributed by atoms with Crippen LogP contribution >= 0.6 is 0 Å². The average Bonchev–Trinajstić information content (AvgIpc) is 3.27. The lowest BCUT2D eigenvalue weighted by Crippen LogP contribution is -2.38. The first-order valence-corrected chi connectivity index (χ1v) is 22.8. The topological polar surface area (TPSA) is 152 Å². The number of rotatable bonds is 26. The van der Waals surface area contributed by atoms with Gasteiger partial charge in [-0.05, 0) is 109 Å². The molecule has 0 fully saturated rings. The van der Waals surface area contributed by atoms with E-state index in [0.717, 1.165) is 22.3 Å². The number of benzene rings is 4. The number of hydrogen-bond donors (Lipinski definition) is 2. The predicted octanol–water partition coefficient (Wildman–Crippen LogP) is 8.14. The summed E-state index contributed by atoms with van der Waals surface area (Å²) in [5.74, 6) is 2.86. The Morgan fingerprint density at radius 1 is 0.475 bits per heavy atom. The number of ether oxygens (including phenoxy) is 4. The van der Waals surface area contributed by atoms with E-state index in [4.69, 9.17) is 18.9 Å². The minimum atomic E-state index is -3.66. The zero-order valence-corrected chi connectivity index (χ0v) is 37.0. The number of sulfonamides is 2. The number of nitrogens with zero attached hydrogens (tertiary/aromatic N) is 2. The van der Waals surface area contributed by atoms with Crippen molar-refractivity contribution in [1.29, 1.82) is 0 Å². The molecule has 0 aliphatic carbocycles. The summed E-state index contributed by atoms with van der Waals surface area (Å²) in [7, 11) is -0.957. The number of hydrogen-bond acceptors (Lipinski definition) is 10. The highest BCUT2D eigenvalue weighted by molar-refractivity contribution is 7.90. The first-order valence-electron chi connectivity index (χ1n) is 19.8. The lowest BCUT2D eigenvalue weighted by molar-refractivity contribution is 0.279. The van der Waals surface area contributed by atoms with E-state index >= 15 is 0 Å². The molecule has 0 bridgehead atoms. The highest BCUT2D eigenvalue weighted by Crippen LogP contribution is 2.26. The highest BCUT2D eigenvalue weighted by atomic mass is 32.2. The van der Waals surface area contributed by atoms with Gasteiger partial charge in [0.05, 0.1) is 38.9 Å². The molecule has 0 saturated carbocycles. The molecule has 0 radical (unpaired) electrons. The van der Waals surface area contributed by atoms with Crippen LogP contribution in [-0.2, 0) is 46.2 Å². The van der Waals surface area contributed by atoms with Crippen molar-refractivity contribution in [2.45, 2.75) is 82.6 Å². The lowest BCUT2D eigenvalue weighted by atomic mass is 10.2. The molecule has 0 saturated heterocycles. The van der Waals surface area contributed by atoms with E-state index in [0.29, 0.717) is 48.7 Å². The maximum atomic E-state index is 13.5. The van der Waals surface area contributed by atoms with Gasteiger partial charge in [-0.25, -0.2) is 16.8 Å². The van der Waals surface area contributed by atoms with Crippen molar-refractivity contribution in [3.63, 3.8) is 0 Å². The molecule has 4 aromatic carbocycles. The first kappa shape index (κ1) is 52.4. The second-order valence-corrected chi connectivity index (χ2v) is 18.4. The molecule has 2 N–H and O–H groups in total. The van der Waals surface area contributed by atoms with Crippen molar-refractivity contribution in [2.24, 2.45) is 0 Å². The van der Waals surface area contributed by atoms with Gasteiger partial charge in [0.25, 0.3) is 0 Å². The smallest absolute Gasteiger partial charge is 0.217 e. The summed E-state index contributed by atoms with van der Waals surface area (Å²) in [6.07, 6.45) is 5.79. The molecule has 12 nitrogen and oxygen atoms in total. The maximum Gasteiger partial charge on any atom is 0.217 e. The fourth-order valence-electron chi connectivity index (χ4n) is 6.41. The average molecular weight is 883 g/mol. The number of methoxy groups -OCH3 is 4. The molecule has 0 aromatic heterocycles. The van der Waals surface area contributed by atoms with Gasteiger partial charge in [-0.1, -0.05) is 68.1 Å². The Bertz CT molecular complexity index is 1810. The minimum absolute atomic E-state index is 0. The van der Waals surface area contributed by atoms with Gasteiger partial charge in [0.15, 0.2) is 0 Å². The van der Waals surface area contributed by atoms with Crippen LogP contribution < -0.4 is 18.9 Å². The van der Waals surface area contributed by atoms with E-state index in [-0.39, 0.29) is 59.7 Å². The molecule has 336 valence electrons. The first-order chi connectivity index (χ1) is 28.9. The van der Waals surface area contributed by atoms with E-state index < -0.39 is 30.5 Å². The summed E-state index contributed by atoms with van der Waals surface area (Å²) in [6.45, 7) is 7.95. The van der Waals surface area contributed by atoms with E-state index in [9.17, 15) is 27.0 Å². The van der Waals surface area contributed by atoms with Gasteiger partial charge in [-0.15, -0.1) is 13.2 Å². The van der Waals surface area contributed by atoms with Crippen LogP contribution in [0.1, 0.15) is 68.2 Å². The molecule has 0 unspecified atom stereocenters. The largest absolute Gasteiger partial charge is 0.497 e. The highest BCUT2D eigenvalue weighted by Gasteiger charge is 2.33. The van der Waals surface area contributed by atoms with Gasteiger partial charge in [0.2, 0.25) is 20.0 Å². The van der Waals surface area contributed by atoms with Crippen LogP contribution in [-0.4, -0.2) is 87.8 Å². The molecular formula is C47H66N2O10S2. The van der Waals surface area contributed by atoms with Crippen molar-refractivity contribution in [3.8, 4) is 23.0 Å². The predicted molar refractivity (Wildman–Crippen MR) is 245 cm³/mol. The van der Waals surface area contributed by atoms with Gasteiger partial charge in [0.1, 0.15) is 23.0 Å². The van der Waals surface area contributed by atoms with Gasteiger partial charge >= 0.3 is 0 Å². The van der Waals surface area contributed by atoms with Gasteiger partial charge in [0, 0.05) is 39.4 Å². The molecule has 4 aromatic rings. The summed E-state index contributed by atoms with van der Waals surface area (Å²) < 4.78 is 77.8. The quantitative estimate of drug-likeness (QED) is 0.0592. The zero-order chi connectivity index (χ0) is 44.0. The van der Waals surface area contributed by atoms with Crippen molar-refractivity contribution >= 4 is 20.0 Å². The molecule has 0 heterocycles. The fourth-order valence-corrected chi connectivity index (χ4v) is 10.2. The molecule has 61 heavy (non-hydrogen) atoms. The molecule has 0 amide bonds. The van der Waals surface area contributed by atoms with Crippen LogP contribution in [0.4, 0.5) is 0 Å². The summed E-state index contributed by atoms with van der Waals surface area (Å²) in [5.41, 5.74) is 3.44. The Balaban J connectivity index is 0.000000413. The minimum Gasteiger partial charge on any atom is -0.497 e. The Morgan fingerprint density at radius 2 is 0.705 bits per heavy atom. The molecule has 2 atom stereocenters. The van der Waals surface area contributed by atoms with E-state index in [2.05, 4.69) is 13.2 Å². The van der Waals surface area contributed by atoms with Crippen LogP contribution in [0.3, 0.4) is 0 Å². The standard InChI is InChI=1S/2C23H31NO5S.CH4/c2*1-4-5-6-23(15-16-25)30(26,27)24(17-19-7-11-21(28-2)12-8-19)18-20-9-13-22(29-3)14-10-20;/h2*4,7-14,23,25H,1,5-6,15-18H2,2-3H3;1H4/t2*23-;/m10./s1. The third-order valence-electron chi connectivity index (χ3n) is 9.92. The summed E-state index contributed by atoms with van der Waals surface area (Å²) in [6, 6.07) is 29.4. The van der Waals surface area contributed by atoms with E-state index in [1.807, 2.05) is 97.1 Å². The molecular weight excluding hydrogens is 817 g/mol. The second-order valence-electron chi connectivity index (χ2n) is 14.0. The van der Waals surface area contributed by atoms with Crippen LogP contribution in [0.25, 0.3) is 0 Å². The number of allylic oxidation sites excluding steroid dienone is 2. The summed E-state index contributed by atoms with van der Waals surface area (Å²) >= 11 is 0. The van der Waals surface area contributed by atoms with Crippen LogP contribution in [0.2, 0.25) is 0 Å². The van der Waals surface area contributed by atoms with Gasteiger partial charge < -0.3 is 29.2 Å². The van der Waals surface area contributed by atoms with Crippen molar-refractivity contribution in [3.05, 3.63) is 145 Å². The normalized spacial score (nSPS) is 12.3. The Hall–Kier alpha value is -4.70. The maximum absolute atomic E-state index is 13.5. The van der Waals surface area contributed by atoms with Gasteiger partial charge in [-0.3, -0.25) is 0 Å². The Kier molecular flexibility index (Phi) is 23.5. The van der Waals surface area contributed by atoms with E-state index in [1.165, 1.54) is 8.61 Å². The molecule has 0 aliphatic heterocycles. The molecule has 14 heteroatoms. The van der Waals surface area contributed by atoms with Crippen LogP contribution in [0, 0.1) is 0 Å². The number of aliphatic hydroxyl groups excluding tert-OH is 2. The molecule has 4 rings (SSSR count). The van der Waals surface area contributed by atoms with Gasteiger partial charge in [-0.2, -0.15) is 8.61 Å². The number of aliphatic hydroxyl groups is 2. The fraction of sp³-hybridized carbons (Fsp3) is 0.404. The van der Waals surface area contributed by atoms with Crippen molar-refractivity contribution < 1.29 is 46.0 Å². The Morgan fingerprint density at radius 3 is 0.885 bits per heavy atom. The lowest BCUT2D eigenvalue weighted by Gasteiger charge is -2.28. The zero-order valence-electron chi connectivity index (χ0n) is 35.3. The third kappa shape index (κ3) is 16.6. The Labute approximate surface area is 365 Å².